The fourth-order valence-electron chi connectivity index (χ4n) is 2.45. The van der Waals surface area contributed by atoms with Gasteiger partial charge in [-0.3, -0.25) is 0 Å². The second-order valence-electron chi connectivity index (χ2n) is 5.16. The SMILES string of the molecule is COc1cccc(N(C)Cc2ccc(Br)cc2)c1[C@H](C)N. The Morgan fingerprint density at radius 1 is 1.19 bits per heavy atom. The van der Waals surface area contributed by atoms with Gasteiger partial charge in [0.15, 0.2) is 0 Å². The van der Waals surface area contributed by atoms with Gasteiger partial charge in [-0.2, -0.15) is 0 Å². The summed E-state index contributed by atoms with van der Waals surface area (Å²) in [5.74, 6) is 0.838. The van der Waals surface area contributed by atoms with Crippen LogP contribution in [0.25, 0.3) is 0 Å². The zero-order chi connectivity index (χ0) is 15.4. The van der Waals surface area contributed by atoms with Crippen molar-refractivity contribution < 1.29 is 4.74 Å². The molecular weight excluding hydrogens is 328 g/mol. The molecule has 4 heteroatoms. The lowest BCUT2D eigenvalue weighted by Gasteiger charge is -2.25. The third-order valence-electron chi connectivity index (χ3n) is 3.46. The number of anilines is 1. The Hall–Kier alpha value is -1.52. The van der Waals surface area contributed by atoms with Crippen LogP contribution in [-0.2, 0) is 6.54 Å². The summed E-state index contributed by atoms with van der Waals surface area (Å²) in [6.07, 6.45) is 0. The van der Waals surface area contributed by atoms with Gasteiger partial charge in [0.25, 0.3) is 0 Å². The molecular formula is C17H21BrN2O. The average Bonchev–Trinajstić information content (AvgIpc) is 2.48. The van der Waals surface area contributed by atoms with Crippen molar-refractivity contribution in [2.75, 3.05) is 19.1 Å². The standard InChI is InChI=1S/C17H21BrN2O/c1-12(19)17-15(5-4-6-16(17)21-3)20(2)11-13-7-9-14(18)10-8-13/h4-10,12H,11,19H2,1-3H3/t12-/m0/s1. The van der Waals surface area contributed by atoms with Gasteiger partial charge in [0.05, 0.1) is 7.11 Å². The number of methoxy groups -OCH3 is 1. The van der Waals surface area contributed by atoms with E-state index in [1.165, 1.54) is 5.56 Å². The summed E-state index contributed by atoms with van der Waals surface area (Å²) in [4.78, 5) is 2.20. The summed E-state index contributed by atoms with van der Waals surface area (Å²) < 4.78 is 6.54. The summed E-state index contributed by atoms with van der Waals surface area (Å²) in [6.45, 7) is 2.80. The van der Waals surface area contributed by atoms with Gasteiger partial charge < -0.3 is 15.4 Å². The molecule has 0 bridgehead atoms. The van der Waals surface area contributed by atoms with Crippen LogP contribution in [0.15, 0.2) is 46.9 Å². The molecule has 2 aromatic carbocycles. The normalized spacial score (nSPS) is 12.0. The lowest BCUT2D eigenvalue weighted by Crippen LogP contribution is -2.20. The van der Waals surface area contributed by atoms with Crippen LogP contribution in [0.1, 0.15) is 24.1 Å². The van der Waals surface area contributed by atoms with Gasteiger partial charge in [-0.15, -0.1) is 0 Å². The van der Waals surface area contributed by atoms with Crippen molar-refractivity contribution in [1.82, 2.24) is 0 Å². The van der Waals surface area contributed by atoms with Crippen molar-refractivity contribution in [2.24, 2.45) is 5.73 Å². The summed E-state index contributed by atoms with van der Waals surface area (Å²) in [6, 6.07) is 14.3. The second-order valence-corrected chi connectivity index (χ2v) is 6.08. The molecule has 0 amide bonds. The predicted octanol–water partition coefficient (Wildman–Crippen LogP) is 4.11. The first-order chi connectivity index (χ1) is 10.0. The summed E-state index contributed by atoms with van der Waals surface area (Å²) >= 11 is 3.46. The Bertz CT molecular complexity index is 596. The van der Waals surface area contributed by atoms with E-state index in [2.05, 4.69) is 58.2 Å². The minimum absolute atomic E-state index is 0.0801. The molecule has 0 saturated carbocycles. The smallest absolute Gasteiger partial charge is 0.125 e. The molecule has 2 rings (SSSR count). The Morgan fingerprint density at radius 3 is 2.43 bits per heavy atom. The molecule has 0 unspecified atom stereocenters. The van der Waals surface area contributed by atoms with Crippen LogP contribution in [0.3, 0.4) is 0 Å². The largest absolute Gasteiger partial charge is 0.496 e. The number of ether oxygens (including phenoxy) is 1. The van der Waals surface area contributed by atoms with Gasteiger partial charge in [-0.05, 0) is 36.8 Å². The number of halogens is 1. The van der Waals surface area contributed by atoms with Crippen molar-refractivity contribution in [2.45, 2.75) is 19.5 Å². The van der Waals surface area contributed by atoms with Gasteiger partial charge in [-0.1, -0.05) is 34.1 Å². The quantitative estimate of drug-likeness (QED) is 0.883. The molecule has 0 fully saturated rings. The molecule has 21 heavy (non-hydrogen) atoms. The molecule has 2 aromatic rings. The topological polar surface area (TPSA) is 38.5 Å². The highest BCUT2D eigenvalue weighted by Crippen LogP contribution is 2.33. The molecule has 112 valence electrons. The predicted molar refractivity (Wildman–Crippen MR) is 91.8 cm³/mol. The lowest BCUT2D eigenvalue weighted by molar-refractivity contribution is 0.407. The molecule has 0 heterocycles. The number of nitrogens with two attached hydrogens (primary N) is 1. The molecule has 0 aliphatic heterocycles. The van der Waals surface area contributed by atoms with E-state index >= 15 is 0 Å². The monoisotopic (exact) mass is 348 g/mol. The van der Waals surface area contributed by atoms with Crippen LogP contribution < -0.4 is 15.4 Å². The van der Waals surface area contributed by atoms with Gasteiger partial charge >= 0.3 is 0 Å². The molecule has 1 atom stereocenters. The maximum Gasteiger partial charge on any atom is 0.125 e. The average molecular weight is 349 g/mol. The molecule has 3 nitrogen and oxygen atoms in total. The number of rotatable bonds is 5. The third-order valence-corrected chi connectivity index (χ3v) is 3.99. The number of hydrogen-bond acceptors (Lipinski definition) is 3. The molecule has 0 saturated heterocycles. The van der Waals surface area contributed by atoms with Crippen LogP contribution in [0.4, 0.5) is 5.69 Å². The van der Waals surface area contributed by atoms with Crippen LogP contribution in [0, 0.1) is 0 Å². The number of hydrogen-bond donors (Lipinski definition) is 1. The maximum atomic E-state index is 6.13. The fourth-order valence-corrected chi connectivity index (χ4v) is 2.71. The summed E-state index contributed by atoms with van der Waals surface area (Å²) in [5.41, 5.74) is 9.52. The minimum Gasteiger partial charge on any atom is -0.496 e. The fraction of sp³-hybridized carbons (Fsp3) is 0.294. The van der Waals surface area contributed by atoms with Crippen molar-refractivity contribution in [3.05, 3.63) is 58.1 Å². The molecule has 0 radical (unpaired) electrons. The lowest BCUT2D eigenvalue weighted by atomic mass is 10.0. The van der Waals surface area contributed by atoms with Crippen molar-refractivity contribution >= 4 is 21.6 Å². The van der Waals surface area contributed by atoms with E-state index in [1.807, 2.05) is 19.1 Å². The first kappa shape index (κ1) is 15.9. The second kappa shape index (κ2) is 6.96. The molecule has 0 aromatic heterocycles. The van der Waals surface area contributed by atoms with E-state index in [9.17, 15) is 0 Å². The van der Waals surface area contributed by atoms with E-state index < -0.39 is 0 Å². The van der Waals surface area contributed by atoms with Crippen LogP contribution in [0.5, 0.6) is 5.75 Å². The van der Waals surface area contributed by atoms with E-state index in [4.69, 9.17) is 10.5 Å². The van der Waals surface area contributed by atoms with Gasteiger partial charge in [-0.25, -0.2) is 0 Å². The molecule has 0 spiro atoms. The third kappa shape index (κ3) is 3.77. The minimum atomic E-state index is -0.0801. The number of nitrogens with zero attached hydrogens (tertiary/aromatic N) is 1. The molecule has 0 aliphatic rings. The first-order valence-corrected chi connectivity index (χ1v) is 7.70. The Kier molecular flexibility index (Phi) is 5.26. The van der Waals surface area contributed by atoms with Crippen LogP contribution in [-0.4, -0.2) is 14.2 Å². The first-order valence-electron chi connectivity index (χ1n) is 6.91. The van der Waals surface area contributed by atoms with Crippen molar-refractivity contribution in [3.63, 3.8) is 0 Å². The number of benzene rings is 2. The van der Waals surface area contributed by atoms with Crippen molar-refractivity contribution in [3.8, 4) is 5.75 Å². The van der Waals surface area contributed by atoms with E-state index in [0.29, 0.717) is 0 Å². The van der Waals surface area contributed by atoms with Crippen molar-refractivity contribution in [1.29, 1.82) is 0 Å². The van der Waals surface area contributed by atoms with E-state index in [-0.39, 0.29) is 6.04 Å². The maximum absolute atomic E-state index is 6.13. The highest BCUT2D eigenvalue weighted by Gasteiger charge is 2.16. The Morgan fingerprint density at radius 2 is 1.86 bits per heavy atom. The molecule has 0 aliphatic carbocycles. The van der Waals surface area contributed by atoms with Gasteiger partial charge in [0.1, 0.15) is 5.75 Å². The Labute approximate surface area is 134 Å². The summed E-state index contributed by atoms with van der Waals surface area (Å²) in [7, 11) is 3.75. The zero-order valence-corrected chi connectivity index (χ0v) is 14.2. The zero-order valence-electron chi connectivity index (χ0n) is 12.6. The highest BCUT2D eigenvalue weighted by atomic mass is 79.9. The highest BCUT2D eigenvalue weighted by molar-refractivity contribution is 9.10. The summed E-state index contributed by atoms with van der Waals surface area (Å²) in [5, 5.41) is 0. The molecule has 2 N–H and O–H groups in total. The van der Waals surface area contributed by atoms with Crippen LogP contribution >= 0.6 is 15.9 Å². The van der Waals surface area contributed by atoms with Gasteiger partial charge in [0.2, 0.25) is 0 Å². The van der Waals surface area contributed by atoms with Crippen LogP contribution in [0.2, 0.25) is 0 Å². The van der Waals surface area contributed by atoms with E-state index in [0.717, 1.165) is 28.0 Å². The Balaban J connectivity index is 2.30. The van der Waals surface area contributed by atoms with E-state index in [1.54, 1.807) is 7.11 Å². The van der Waals surface area contributed by atoms with Gasteiger partial charge in [0, 0.05) is 35.4 Å².